The van der Waals surface area contributed by atoms with Crippen LogP contribution in [0.2, 0.25) is 0 Å². The molecular formula is C17H16N4O2. The van der Waals surface area contributed by atoms with Crippen LogP contribution in [0.15, 0.2) is 42.6 Å². The lowest BCUT2D eigenvalue weighted by molar-refractivity contribution is 0.100. The molecule has 0 saturated carbocycles. The highest BCUT2D eigenvalue weighted by atomic mass is 16.5. The van der Waals surface area contributed by atoms with Crippen molar-refractivity contribution < 1.29 is 9.53 Å². The van der Waals surface area contributed by atoms with Gasteiger partial charge in [0, 0.05) is 18.1 Å². The Morgan fingerprint density at radius 3 is 3.00 bits per heavy atom. The number of benzene rings is 1. The Hall–Kier alpha value is -3.02. The Labute approximate surface area is 132 Å². The van der Waals surface area contributed by atoms with Crippen LogP contribution in [0.1, 0.15) is 16.8 Å². The topological polar surface area (TPSA) is 84.2 Å². The number of pyridine rings is 1. The number of nitrogens with zero attached hydrogens (tertiary/aromatic N) is 2. The quantitative estimate of drug-likeness (QED) is 0.762. The van der Waals surface area contributed by atoms with E-state index in [1.54, 1.807) is 6.07 Å². The molecule has 6 heteroatoms. The second-order valence-electron chi connectivity index (χ2n) is 5.46. The third-order valence-corrected chi connectivity index (χ3v) is 4.00. The van der Waals surface area contributed by atoms with Gasteiger partial charge in [-0.15, -0.1) is 0 Å². The number of fused-ring (bicyclic) bond motifs is 2. The zero-order valence-corrected chi connectivity index (χ0v) is 12.5. The van der Waals surface area contributed by atoms with Crippen molar-refractivity contribution in [2.24, 2.45) is 5.73 Å². The van der Waals surface area contributed by atoms with Crippen LogP contribution in [-0.2, 0) is 0 Å². The number of ether oxygens (including phenoxy) is 1. The van der Waals surface area contributed by atoms with Gasteiger partial charge in [0.25, 0.3) is 5.91 Å². The number of carbonyl (C=O) groups is 1. The van der Waals surface area contributed by atoms with E-state index in [9.17, 15) is 4.79 Å². The largest absolute Gasteiger partial charge is 0.476 e. The van der Waals surface area contributed by atoms with Crippen molar-refractivity contribution in [1.29, 1.82) is 0 Å². The van der Waals surface area contributed by atoms with Gasteiger partial charge in [0.15, 0.2) is 0 Å². The lowest BCUT2D eigenvalue weighted by atomic mass is 10.1. The minimum Gasteiger partial charge on any atom is -0.476 e. The second-order valence-corrected chi connectivity index (χ2v) is 5.46. The Morgan fingerprint density at radius 1 is 1.26 bits per heavy atom. The molecule has 0 spiro atoms. The number of hydrogen-bond donors (Lipinski definition) is 2. The number of amides is 1. The Bertz CT molecular complexity index is 887. The first-order valence-corrected chi connectivity index (χ1v) is 7.51. The first-order valence-electron chi connectivity index (χ1n) is 7.51. The molecular weight excluding hydrogens is 292 g/mol. The van der Waals surface area contributed by atoms with Crippen LogP contribution in [0.3, 0.4) is 0 Å². The summed E-state index contributed by atoms with van der Waals surface area (Å²) in [6.45, 7) is 1.32. The van der Waals surface area contributed by atoms with E-state index in [2.05, 4.69) is 14.9 Å². The highest BCUT2D eigenvalue weighted by Gasteiger charge is 2.23. The fourth-order valence-corrected chi connectivity index (χ4v) is 2.93. The molecule has 1 amide bonds. The van der Waals surface area contributed by atoms with Crippen molar-refractivity contribution in [3.63, 3.8) is 0 Å². The molecule has 6 nitrogen and oxygen atoms in total. The Morgan fingerprint density at radius 2 is 2.13 bits per heavy atom. The smallest absolute Gasteiger partial charge is 0.250 e. The maximum Gasteiger partial charge on any atom is 0.250 e. The van der Waals surface area contributed by atoms with Crippen molar-refractivity contribution in [3.05, 3.63) is 48.2 Å². The standard InChI is InChI=1S/C17H16N4O2/c18-15(22)12-4-1-2-5-13(12)21-8-3-9-23-17-14(21)10-11-6-7-19-16(11)20-17/h1-2,4-7,10H,3,8-9H2,(H2,18,22)(H,19,20). The minimum atomic E-state index is -0.442. The molecule has 0 unspecified atom stereocenters. The highest BCUT2D eigenvalue weighted by Crippen LogP contribution is 2.38. The molecule has 0 saturated heterocycles. The molecule has 116 valence electrons. The van der Waals surface area contributed by atoms with Gasteiger partial charge in [-0.05, 0) is 30.7 Å². The molecule has 0 radical (unpaired) electrons. The van der Waals surface area contributed by atoms with E-state index < -0.39 is 5.91 Å². The third-order valence-electron chi connectivity index (χ3n) is 4.00. The normalized spacial score (nSPS) is 14.2. The van der Waals surface area contributed by atoms with Gasteiger partial charge >= 0.3 is 0 Å². The van der Waals surface area contributed by atoms with Crippen molar-refractivity contribution in [2.75, 3.05) is 18.1 Å². The van der Waals surface area contributed by atoms with E-state index in [-0.39, 0.29) is 0 Å². The summed E-state index contributed by atoms with van der Waals surface area (Å²) < 4.78 is 5.79. The fraction of sp³-hybridized carbons (Fsp3) is 0.176. The fourth-order valence-electron chi connectivity index (χ4n) is 2.93. The number of aromatic nitrogens is 2. The van der Waals surface area contributed by atoms with Crippen LogP contribution in [0, 0.1) is 0 Å². The number of anilines is 2. The van der Waals surface area contributed by atoms with Crippen LogP contribution in [0.25, 0.3) is 11.0 Å². The summed E-state index contributed by atoms with van der Waals surface area (Å²) in [6.07, 6.45) is 2.68. The number of para-hydroxylation sites is 1. The van der Waals surface area contributed by atoms with Gasteiger partial charge in [-0.2, -0.15) is 4.98 Å². The monoisotopic (exact) mass is 308 g/mol. The number of carbonyl (C=O) groups excluding carboxylic acids is 1. The van der Waals surface area contributed by atoms with E-state index in [4.69, 9.17) is 10.5 Å². The average molecular weight is 308 g/mol. The number of rotatable bonds is 2. The molecule has 0 bridgehead atoms. The van der Waals surface area contributed by atoms with Crippen LogP contribution >= 0.6 is 0 Å². The molecule has 3 heterocycles. The van der Waals surface area contributed by atoms with Crippen molar-refractivity contribution in [3.8, 4) is 5.88 Å². The minimum absolute atomic E-state index is 0.442. The van der Waals surface area contributed by atoms with Crippen LogP contribution in [-0.4, -0.2) is 29.0 Å². The molecule has 0 fully saturated rings. The Kier molecular flexibility index (Phi) is 3.15. The van der Waals surface area contributed by atoms with E-state index in [0.717, 1.165) is 35.4 Å². The predicted molar refractivity (Wildman–Crippen MR) is 88.2 cm³/mol. The molecule has 3 N–H and O–H groups in total. The molecule has 1 aliphatic rings. The summed E-state index contributed by atoms with van der Waals surface area (Å²) in [6, 6.07) is 11.3. The zero-order valence-electron chi connectivity index (χ0n) is 12.5. The molecule has 2 aromatic heterocycles. The van der Waals surface area contributed by atoms with Crippen molar-refractivity contribution >= 4 is 28.3 Å². The van der Waals surface area contributed by atoms with Gasteiger partial charge in [0.2, 0.25) is 5.88 Å². The lowest BCUT2D eigenvalue weighted by Crippen LogP contribution is -2.22. The second kappa shape index (κ2) is 5.31. The molecule has 1 aliphatic heterocycles. The SMILES string of the molecule is NC(=O)c1ccccc1N1CCCOc2nc3[nH]ccc3cc21. The summed E-state index contributed by atoms with van der Waals surface area (Å²) >= 11 is 0. The van der Waals surface area contributed by atoms with Gasteiger partial charge < -0.3 is 20.4 Å². The molecule has 0 aliphatic carbocycles. The van der Waals surface area contributed by atoms with Crippen LogP contribution in [0.5, 0.6) is 5.88 Å². The average Bonchev–Trinajstić information content (AvgIpc) is 2.91. The van der Waals surface area contributed by atoms with E-state index >= 15 is 0 Å². The van der Waals surface area contributed by atoms with E-state index in [1.165, 1.54) is 0 Å². The summed E-state index contributed by atoms with van der Waals surface area (Å²) in [5.74, 6) is 0.125. The first-order chi connectivity index (χ1) is 11.2. The van der Waals surface area contributed by atoms with E-state index in [0.29, 0.717) is 18.1 Å². The highest BCUT2D eigenvalue weighted by molar-refractivity contribution is 6.00. The van der Waals surface area contributed by atoms with Gasteiger partial charge in [-0.3, -0.25) is 4.79 Å². The molecule has 0 atom stereocenters. The van der Waals surface area contributed by atoms with Gasteiger partial charge in [-0.25, -0.2) is 0 Å². The van der Waals surface area contributed by atoms with Crippen LogP contribution < -0.4 is 15.4 Å². The number of aromatic amines is 1. The number of hydrogen-bond acceptors (Lipinski definition) is 4. The summed E-state index contributed by atoms with van der Waals surface area (Å²) in [5.41, 5.74) is 8.45. The maximum atomic E-state index is 11.8. The number of H-pyrrole nitrogens is 1. The molecule has 4 rings (SSSR count). The predicted octanol–water partition coefficient (Wildman–Crippen LogP) is 2.58. The molecule has 23 heavy (non-hydrogen) atoms. The summed E-state index contributed by atoms with van der Waals surface area (Å²) in [4.78, 5) is 21.5. The maximum absolute atomic E-state index is 11.8. The lowest BCUT2D eigenvalue weighted by Gasteiger charge is -2.25. The number of primary amides is 1. The summed E-state index contributed by atoms with van der Waals surface area (Å²) in [5, 5.41) is 0.996. The third kappa shape index (κ3) is 2.28. The summed E-state index contributed by atoms with van der Waals surface area (Å²) in [7, 11) is 0. The number of nitrogens with one attached hydrogen (secondary N) is 1. The van der Waals surface area contributed by atoms with Gasteiger partial charge in [0.1, 0.15) is 11.3 Å². The Balaban J connectivity index is 1.92. The van der Waals surface area contributed by atoms with Crippen LogP contribution in [0.4, 0.5) is 11.4 Å². The van der Waals surface area contributed by atoms with E-state index in [1.807, 2.05) is 36.5 Å². The van der Waals surface area contributed by atoms with Gasteiger partial charge in [0.05, 0.1) is 17.9 Å². The van der Waals surface area contributed by atoms with Crippen molar-refractivity contribution in [1.82, 2.24) is 9.97 Å². The van der Waals surface area contributed by atoms with Gasteiger partial charge in [-0.1, -0.05) is 12.1 Å². The van der Waals surface area contributed by atoms with Crippen molar-refractivity contribution in [2.45, 2.75) is 6.42 Å². The zero-order chi connectivity index (χ0) is 15.8. The first kappa shape index (κ1) is 13.6. The molecule has 1 aromatic carbocycles. The number of nitrogens with two attached hydrogens (primary N) is 1. The molecule has 3 aromatic rings.